The zero-order valence-electron chi connectivity index (χ0n) is 11.8. The molecule has 0 saturated carbocycles. The second kappa shape index (κ2) is 6.93. The second-order valence-electron chi connectivity index (χ2n) is 4.22. The van der Waals surface area contributed by atoms with E-state index in [2.05, 4.69) is 25.6 Å². The predicted molar refractivity (Wildman–Crippen MR) is 81.9 cm³/mol. The van der Waals surface area contributed by atoms with Crippen LogP contribution in [0.15, 0.2) is 11.6 Å². The average Bonchev–Trinajstić information content (AvgIpc) is 2.91. The Morgan fingerprint density at radius 1 is 1.38 bits per heavy atom. The van der Waals surface area contributed by atoms with E-state index in [1.54, 1.807) is 24.5 Å². The Bertz CT molecular complexity index is 616. The molecular weight excluding hydrogens is 292 g/mol. The number of thiazole rings is 1. The second-order valence-corrected chi connectivity index (χ2v) is 5.20. The van der Waals surface area contributed by atoms with Gasteiger partial charge in [0.2, 0.25) is 11.8 Å². The van der Waals surface area contributed by atoms with Crippen LogP contribution < -0.4 is 10.6 Å². The minimum atomic E-state index is -0.462. The van der Waals surface area contributed by atoms with Crippen molar-refractivity contribution in [3.8, 4) is 0 Å². The highest BCUT2D eigenvalue weighted by atomic mass is 32.1. The average molecular weight is 308 g/mol. The van der Waals surface area contributed by atoms with Crippen molar-refractivity contribution < 1.29 is 4.92 Å². The molecule has 0 aliphatic heterocycles. The van der Waals surface area contributed by atoms with E-state index in [4.69, 9.17) is 0 Å². The molecule has 0 radical (unpaired) electrons. The van der Waals surface area contributed by atoms with Crippen LogP contribution >= 0.6 is 11.3 Å². The SMILES string of the molecule is CCNc1nc(C)c([N+](=O)[O-])c(NCCc2nccs2)n1. The molecule has 0 atom stereocenters. The van der Waals surface area contributed by atoms with Gasteiger partial charge in [-0.05, 0) is 13.8 Å². The number of nitrogens with zero attached hydrogens (tertiary/aromatic N) is 4. The van der Waals surface area contributed by atoms with Crippen molar-refractivity contribution in [2.24, 2.45) is 0 Å². The fourth-order valence-electron chi connectivity index (χ4n) is 1.81. The van der Waals surface area contributed by atoms with E-state index < -0.39 is 4.92 Å². The van der Waals surface area contributed by atoms with Gasteiger partial charge in [-0.3, -0.25) is 10.1 Å². The zero-order valence-corrected chi connectivity index (χ0v) is 12.6. The summed E-state index contributed by atoms with van der Waals surface area (Å²) in [4.78, 5) is 23.1. The van der Waals surface area contributed by atoms with Gasteiger partial charge >= 0.3 is 5.69 Å². The van der Waals surface area contributed by atoms with Crippen molar-refractivity contribution in [1.82, 2.24) is 15.0 Å². The summed E-state index contributed by atoms with van der Waals surface area (Å²) in [5.74, 6) is 0.623. The maximum atomic E-state index is 11.2. The maximum absolute atomic E-state index is 11.2. The maximum Gasteiger partial charge on any atom is 0.332 e. The standard InChI is InChI=1S/C12H16N6O2S/c1-3-13-12-16-8(2)10(18(19)20)11(17-12)15-5-4-9-14-6-7-21-9/h6-7H,3-5H2,1-2H3,(H2,13,15,16,17). The van der Waals surface area contributed by atoms with Crippen LogP contribution in [-0.2, 0) is 6.42 Å². The number of anilines is 2. The first-order valence-electron chi connectivity index (χ1n) is 6.51. The Morgan fingerprint density at radius 2 is 2.19 bits per heavy atom. The first-order chi connectivity index (χ1) is 10.1. The molecule has 2 rings (SSSR count). The van der Waals surface area contributed by atoms with Crippen molar-refractivity contribution in [2.75, 3.05) is 23.7 Å². The number of rotatable bonds is 7. The Kier molecular flexibility index (Phi) is 4.99. The van der Waals surface area contributed by atoms with Gasteiger partial charge in [-0.25, -0.2) is 9.97 Å². The molecule has 0 spiro atoms. The van der Waals surface area contributed by atoms with E-state index in [1.807, 2.05) is 12.3 Å². The summed E-state index contributed by atoms with van der Waals surface area (Å²) in [7, 11) is 0. The molecule has 8 nitrogen and oxygen atoms in total. The molecule has 112 valence electrons. The van der Waals surface area contributed by atoms with Crippen LogP contribution in [0.1, 0.15) is 17.6 Å². The largest absolute Gasteiger partial charge is 0.364 e. The third-order valence-corrected chi connectivity index (χ3v) is 3.53. The fraction of sp³-hybridized carbons (Fsp3) is 0.417. The summed E-state index contributed by atoms with van der Waals surface area (Å²) >= 11 is 1.55. The van der Waals surface area contributed by atoms with Gasteiger partial charge in [0.25, 0.3) is 0 Å². The Balaban J connectivity index is 2.16. The summed E-state index contributed by atoms with van der Waals surface area (Å²) in [5, 5.41) is 20.0. The van der Waals surface area contributed by atoms with Gasteiger partial charge in [0.1, 0.15) is 5.69 Å². The number of aryl methyl sites for hydroxylation is 1. The van der Waals surface area contributed by atoms with Gasteiger partial charge in [0, 0.05) is 31.1 Å². The fourth-order valence-corrected chi connectivity index (χ4v) is 2.43. The van der Waals surface area contributed by atoms with E-state index >= 15 is 0 Å². The molecular formula is C12H16N6O2S. The minimum Gasteiger partial charge on any atom is -0.364 e. The summed E-state index contributed by atoms with van der Waals surface area (Å²) in [6, 6.07) is 0. The molecule has 0 fully saturated rings. The zero-order chi connectivity index (χ0) is 15.2. The van der Waals surface area contributed by atoms with Crippen LogP contribution in [0.4, 0.5) is 17.5 Å². The van der Waals surface area contributed by atoms with Gasteiger partial charge in [0.15, 0.2) is 0 Å². The number of hydrogen-bond acceptors (Lipinski definition) is 8. The van der Waals surface area contributed by atoms with Gasteiger partial charge < -0.3 is 10.6 Å². The third kappa shape index (κ3) is 3.85. The van der Waals surface area contributed by atoms with Crippen molar-refractivity contribution in [3.63, 3.8) is 0 Å². The normalized spacial score (nSPS) is 10.4. The van der Waals surface area contributed by atoms with Crippen molar-refractivity contribution >= 4 is 28.8 Å². The molecule has 2 aromatic heterocycles. The number of nitro groups is 1. The monoisotopic (exact) mass is 308 g/mol. The lowest BCUT2D eigenvalue weighted by Crippen LogP contribution is -2.12. The molecule has 0 unspecified atom stereocenters. The lowest BCUT2D eigenvalue weighted by atomic mass is 10.3. The van der Waals surface area contributed by atoms with E-state index in [-0.39, 0.29) is 11.5 Å². The third-order valence-electron chi connectivity index (χ3n) is 2.69. The van der Waals surface area contributed by atoms with Crippen LogP contribution in [0.3, 0.4) is 0 Å². The van der Waals surface area contributed by atoms with Crippen LogP contribution in [-0.4, -0.2) is 33.0 Å². The number of nitrogens with one attached hydrogen (secondary N) is 2. The molecule has 0 bridgehead atoms. The van der Waals surface area contributed by atoms with Crippen LogP contribution in [0.25, 0.3) is 0 Å². The van der Waals surface area contributed by atoms with Gasteiger partial charge in [-0.1, -0.05) is 0 Å². The molecule has 0 aromatic carbocycles. The summed E-state index contributed by atoms with van der Waals surface area (Å²) in [6.45, 7) is 4.69. The Morgan fingerprint density at radius 3 is 2.81 bits per heavy atom. The highest BCUT2D eigenvalue weighted by Gasteiger charge is 2.21. The van der Waals surface area contributed by atoms with Gasteiger partial charge in [-0.2, -0.15) is 4.98 Å². The molecule has 0 saturated heterocycles. The predicted octanol–water partition coefficient (Wildman–Crippen LogP) is 2.24. The molecule has 2 heterocycles. The van der Waals surface area contributed by atoms with E-state index in [1.165, 1.54) is 0 Å². The topological polar surface area (TPSA) is 106 Å². The highest BCUT2D eigenvalue weighted by molar-refractivity contribution is 7.09. The summed E-state index contributed by atoms with van der Waals surface area (Å²) in [6.07, 6.45) is 2.43. The molecule has 21 heavy (non-hydrogen) atoms. The van der Waals surface area contributed by atoms with E-state index in [9.17, 15) is 10.1 Å². The van der Waals surface area contributed by atoms with Crippen LogP contribution in [0, 0.1) is 17.0 Å². The highest BCUT2D eigenvalue weighted by Crippen LogP contribution is 2.26. The first kappa shape index (κ1) is 15.1. The number of aromatic nitrogens is 3. The quantitative estimate of drug-likeness (QED) is 0.596. The smallest absolute Gasteiger partial charge is 0.332 e. The molecule has 9 heteroatoms. The molecule has 0 aliphatic rings. The number of hydrogen-bond donors (Lipinski definition) is 2. The summed E-state index contributed by atoms with van der Waals surface area (Å²) < 4.78 is 0. The minimum absolute atomic E-state index is 0.0872. The molecule has 0 aliphatic carbocycles. The van der Waals surface area contributed by atoms with Crippen LogP contribution in [0.2, 0.25) is 0 Å². The van der Waals surface area contributed by atoms with E-state index in [0.717, 1.165) is 5.01 Å². The molecule has 2 aromatic rings. The van der Waals surface area contributed by atoms with Crippen molar-refractivity contribution in [2.45, 2.75) is 20.3 Å². The van der Waals surface area contributed by atoms with E-state index in [0.29, 0.717) is 31.2 Å². The van der Waals surface area contributed by atoms with Gasteiger partial charge in [0.05, 0.1) is 9.93 Å². The first-order valence-corrected chi connectivity index (χ1v) is 7.39. The van der Waals surface area contributed by atoms with Crippen molar-refractivity contribution in [3.05, 3.63) is 32.4 Å². The lowest BCUT2D eigenvalue weighted by molar-refractivity contribution is -0.385. The molecule has 2 N–H and O–H groups in total. The Labute approximate surface area is 125 Å². The van der Waals surface area contributed by atoms with Crippen molar-refractivity contribution in [1.29, 1.82) is 0 Å². The Hall–Kier alpha value is -2.29. The van der Waals surface area contributed by atoms with Gasteiger partial charge in [-0.15, -0.1) is 11.3 Å². The van der Waals surface area contributed by atoms with Crippen LogP contribution in [0.5, 0.6) is 0 Å². The lowest BCUT2D eigenvalue weighted by Gasteiger charge is -2.09. The molecule has 0 amide bonds. The summed E-state index contributed by atoms with van der Waals surface area (Å²) in [5.41, 5.74) is 0.249.